The van der Waals surface area contributed by atoms with Gasteiger partial charge < -0.3 is 9.13 Å². The molecular formula is C30H28N2. The Balaban J connectivity index is 1.64. The van der Waals surface area contributed by atoms with Gasteiger partial charge in [0.2, 0.25) is 0 Å². The molecule has 0 saturated heterocycles. The van der Waals surface area contributed by atoms with Crippen molar-refractivity contribution in [2.75, 3.05) is 0 Å². The highest BCUT2D eigenvalue weighted by Gasteiger charge is 2.17. The number of fused-ring (bicyclic) bond motifs is 6. The van der Waals surface area contributed by atoms with Crippen molar-refractivity contribution in [3.8, 4) is 5.69 Å². The molecule has 0 bridgehead atoms. The fourth-order valence-electron chi connectivity index (χ4n) is 5.43. The minimum absolute atomic E-state index is 0.483. The van der Waals surface area contributed by atoms with E-state index in [1.165, 1.54) is 68.6 Å². The lowest BCUT2D eigenvalue weighted by Crippen LogP contribution is -2.04. The third-order valence-corrected chi connectivity index (χ3v) is 6.95. The third kappa shape index (κ3) is 2.79. The summed E-state index contributed by atoms with van der Waals surface area (Å²) in [5, 5.41) is 5.29. The Bertz CT molecular complexity index is 1530. The van der Waals surface area contributed by atoms with E-state index in [2.05, 4.69) is 114 Å². The van der Waals surface area contributed by atoms with Crippen molar-refractivity contribution < 1.29 is 0 Å². The van der Waals surface area contributed by atoms with Gasteiger partial charge >= 0.3 is 0 Å². The van der Waals surface area contributed by atoms with Gasteiger partial charge in [-0.1, -0.05) is 74.4 Å². The smallest absolute Gasteiger partial charge is 0.0541 e. The lowest BCUT2D eigenvalue weighted by atomic mass is 10.1. The average Bonchev–Trinajstić information content (AvgIpc) is 3.35. The molecule has 0 radical (unpaired) electrons. The zero-order valence-electron chi connectivity index (χ0n) is 18.8. The van der Waals surface area contributed by atoms with Crippen LogP contribution in [-0.2, 0) is 0 Å². The second kappa shape index (κ2) is 7.56. The highest BCUT2D eigenvalue weighted by atomic mass is 15.0. The van der Waals surface area contributed by atoms with Crippen LogP contribution in [0.2, 0.25) is 0 Å². The zero-order valence-corrected chi connectivity index (χ0v) is 18.8. The number of para-hydroxylation sites is 3. The zero-order chi connectivity index (χ0) is 21.7. The predicted molar refractivity (Wildman–Crippen MR) is 138 cm³/mol. The van der Waals surface area contributed by atoms with E-state index >= 15 is 0 Å². The Morgan fingerprint density at radius 2 is 1.16 bits per heavy atom. The maximum absolute atomic E-state index is 2.55. The van der Waals surface area contributed by atoms with Crippen LogP contribution in [0, 0.1) is 0 Å². The van der Waals surface area contributed by atoms with E-state index in [0.29, 0.717) is 6.04 Å². The number of aromatic nitrogens is 2. The first-order valence-corrected chi connectivity index (χ1v) is 11.8. The highest BCUT2D eigenvalue weighted by Crippen LogP contribution is 2.37. The van der Waals surface area contributed by atoms with Gasteiger partial charge in [-0.3, -0.25) is 0 Å². The molecule has 158 valence electrons. The molecule has 0 unspecified atom stereocenters. The Morgan fingerprint density at radius 1 is 0.625 bits per heavy atom. The van der Waals surface area contributed by atoms with Crippen molar-refractivity contribution in [2.45, 2.75) is 39.2 Å². The molecule has 0 aliphatic heterocycles. The maximum Gasteiger partial charge on any atom is 0.0541 e. The fourth-order valence-corrected chi connectivity index (χ4v) is 5.43. The molecule has 6 rings (SSSR count). The van der Waals surface area contributed by atoms with Crippen molar-refractivity contribution in [3.63, 3.8) is 0 Å². The van der Waals surface area contributed by atoms with Crippen LogP contribution in [-0.4, -0.2) is 9.13 Å². The van der Waals surface area contributed by atoms with Gasteiger partial charge in [-0.15, -0.1) is 0 Å². The van der Waals surface area contributed by atoms with E-state index in [4.69, 9.17) is 0 Å². The van der Waals surface area contributed by atoms with Crippen molar-refractivity contribution >= 4 is 43.6 Å². The quantitative estimate of drug-likeness (QED) is 0.266. The molecule has 2 heteroatoms. The highest BCUT2D eigenvalue weighted by molar-refractivity contribution is 6.11. The van der Waals surface area contributed by atoms with Crippen LogP contribution in [0.15, 0.2) is 91.0 Å². The van der Waals surface area contributed by atoms with Crippen LogP contribution >= 0.6 is 0 Å². The molecule has 0 amide bonds. The predicted octanol–water partition coefficient (Wildman–Crippen LogP) is 8.64. The lowest BCUT2D eigenvalue weighted by molar-refractivity contribution is 0.509. The molecule has 1 atom stereocenters. The van der Waals surface area contributed by atoms with E-state index in [0.717, 1.165) is 0 Å². The number of rotatable bonds is 5. The molecule has 32 heavy (non-hydrogen) atoms. The topological polar surface area (TPSA) is 9.86 Å². The summed E-state index contributed by atoms with van der Waals surface area (Å²) >= 11 is 0. The Morgan fingerprint density at radius 3 is 1.78 bits per heavy atom. The van der Waals surface area contributed by atoms with Crippen LogP contribution in [0.1, 0.15) is 39.2 Å². The van der Waals surface area contributed by atoms with E-state index in [1.54, 1.807) is 0 Å². The summed E-state index contributed by atoms with van der Waals surface area (Å²) in [6, 6.07) is 33.8. The number of unbranched alkanes of at least 4 members (excludes halogenated alkanes) is 1. The molecule has 2 aromatic heterocycles. The number of nitrogens with zero attached hydrogens (tertiary/aromatic N) is 2. The Hall–Kier alpha value is -3.52. The summed E-state index contributed by atoms with van der Waals surface area (Å²) in [6.07, 6.45) is 3.70. The summed E-state index contributed by atoms with van der Waals surface area (Å²) in [5.41, 5.74) is 6.41. The second-order valence-electron chi connectivity index (χ2n) is 8.95. The summed E-state index contributed by atoms with van der Waals surface area (Å²) in [5.74, 6) is 0. The van der Waals surface area contributed by atoms with Gasteiger partial charge in [0, 0.05) is 44.3 Å². The van der Waals surface area contributed by atoms with Crippen LogP contribution < -0.4 is 0 Å². The van der Waals surface area contributed by atoms with Gasteiger partial charge in [-0.25, -0.2) is 0 Å². The molecule has 0 aliphatic rings. The van der Waals surface area contributed by atoms with Crippen LogP contribution in [0.25, 0.3) is 49.3 Å². The SMILES string of the molecule is CCCC[C@H](C)n1c2ccccc2c2cc(-n3c4ccccc4c4ccccc43)ccc21. The maximum atomic E-state index is 2.55. The number of benzene rings is 4. The van der Waals surface area contributed by atoms with Crippen molar-refractivity contribution in [1.82, 2.24) is 9.13 Å². The number of hydrogen-bond acceptors (Lipinski definition) is 0. The van der Waals surface area contributed by atoms with E-state index < -0.39 is 0 Å². The Labute approximate surface area is 188 Å². The summed E-state index contributed by atoms with van der Waals surface area (Å²) in [6.45, 7) is 4.64. The van der Waals surface area contributed by atoms with E-state index in [-0.39, 0.29) is 0 Å². The summed E-state index contributed by atoms with van der Waals surface area (Å²) in [4.78, 5) is 0. The average molecular weight is 417 g/mol. The molecule has 0 saturated carbocycles. The van der Waals surface area contributed by atoms with Crippen molar-refractivity contribution in [1.29, 1.82) is 0 Å². The molecule has 4 aromatic carbocycles. The first kappa shape index (κ1) is 19.2. The van der Waals surface area contributed by atoms with Gasteiger partial charge in [0.15, 0.2) is 0 Å². The third-order valence-electron chi connectivity index (χ3n) is 6.95. The first-order valence-electron chi connectivity index (χ1n) is 11.8. The van der Waals surface area contributed by atoms with Crippen LogP contribution in [0.5, 0.6) is 0 Å². The molecule has 0 N–H and O–H groups in total. The minimum Gasteiger partial charge on any atom is -0.338 e. The van der Waals surface area contributed by atoms with Crippen molar-refractivity contribution in [2.24, 2.45) is 0 Å². The fraction of sp³-hybridized carbons (Fsp3) is 0.200. The van der Waals surface area contributed by atoms with Crippen LogP contribution in [0.3, 0.4) is 0 Å². The normalized spacial score (nSPS) is 12.9. The summed E-state index contributed by atoms with van der Waals surface area (Å²) < 4.78 is 4.96. The molecule has 0 spiro atoms. The molecular weight excluding hydrogens is 388 g/mol. The monoisotopic (exact) mass is 416 g/mol. The van der Waals surface area contributed by atoms with Gasteiger partial charge in [0.25, 0.3) is 0 Å². The van der Waals surface area contributed by atoms with E-state index in [1.807, 2.05) is 0 Å². The van der Waals surface area contributed by atoms with Gasteiger partial charge in [-0.05, 0) is 49.7 Å². The number of hydrogen-bond donors (Lipinski definition) is 0. The van der Waals surface area contributed by atoms with E-state index in [9.17, 15) is 0 Å². The molecule has 0 aliphatic carbocycles. The van der Waals surface area contributed by atoms with Gasteiger partial charge in [0.05, 0.1) is 11.0 Å². The minimum atomic E-state index is 0.483. The van der Waals surface area contributed by atoms with Crippen molar-refractivity contribution in [3.05, 3.63) is 91.0 Å². The summed E-state index contributed by atoms with van der Waals surface area (Å²) in [7, 11) is 0. The lowest BCUT2D eigenvalue weighted by Gasteiger charge is -2.17. The molecule has 0 fully saturated rings. The Kier molecular flexibility index (Phi) is 4.53. The standard InChI is InChI=1S/C30H28N2/c1-3-4-11-21(2)31-27-15-8-7-14-25(27)26-20-22(18-19-30(26)31)32-28-16-9-5-12-23(28)24-13-6-10-17-29(24)32/h5-10,12-21H,3-4,11H2,1-2H3/t21-/m0/s1. The van der Waals surface area contributed by atoms with Gasteiger partial charge in [0.1, 0.15) is 0 Å². The van der Waals surface area contributed by atoms with Gasteiger partial charge in [-0.2, -0.15) is 0 Å². The molecule has 6 aromatic rings. The molecule has 2 nitrogen and oxygen atoms in total. The second-order valence-corrected chi connectivity index (χ2v) is 8.95. The van der Waals surface area contributed by atoms with Crippen LogP contribution in [0.4, 0.5) is 0 Å². The molecule has 2 heterocycles. The first-order chi connectivity index (χ1) is 15.8. The largest absolute Gasteiger partial charge is 0.338 e.